The van der Waals surface area contributed by atoms with Gasteiger partial charge in [0.25, 0.3) is 0 Å². The Morgan fingerprint density at radius 1 is 1.29 bits per heavy atom. The molecule has 2 aromatic rings. The molecular weight excluding hydrogens is 381 g/mol. The van der Waals surface area contributed by atoms with Gasteiger partial charge in [0.15, 0.2) is 6.10 Å². The summed E-state index contributed by atoms with van der Waals surface area (Å²) in [6.07, 6.45) is 0.197. The first-order valence-electron chi connectivity index (χ1n) is 9.20. The third kappa shape index (κ3) is 5.01. The lowest BCUT2D eigenvalue weighted by atomic mass is 10.0. The summed E-state index contributed by atoms with van der Waals surface area (Å²) in [5.41, 5.74) is 2.01. The second kappa shape index (κ2) is 9.06. The number of rotatable bonds is 6. The van der Waals surface area contributed by atoms with Crippen molar-refractivity contribution in [3.8, 4) is 0 Å². The van der Waals surface area contributed by atoms with Crippen molar-refractivity contribution in [3.05, 3.63) is 70.5 Å². The van der Waals surface area contributed by atoms with Gasteiger partial charge in [-0.1, -0.05) is 53.2 Å². The molecule has 148 valence electrons. The van der Waals surface area contributed by atoms with E-state index in [1.807, 2.05) is 32.0 Å². The van der Waals surface area contributed by atoms with Crippen LogP contribution in [0.1, 0.15) is 31.4 Å². The second-order valence-corrected chi connectivity index (χ2v) is 7.43. The van der Waals surface area contributed by atoms with Crippen LogP contribution in [0.5, 0.6) is 0 Å². The van der Waals surface area contributed by atoms with Crippen LogP contribution in [0.2, 0.25) is 5.02 Å². The van der Waals surface area contributed by atoms with Crippen molar-refractivity contribution >= 4 is 23.3 Å². The van der Waals surface area contributed by atoms with E-state index in [9.17, 15) is 9.18 Å². The largest absolute Gasteiger partial charge is 0.390 e. The maximum Gasteiger partial charge on any atom is 0.318 e. The molecule has 2 amide bonds. The molecule has 1 unspecified atom stereocenters. The van der Waals surface area contributed by atoms with Gasteiger partial charge in [0.2, 0.25) is 0 Å². The molecule has 1 atom stereocenters. The monoisotopic (exact) mass is 403 g/mol. The highest BCUT2D eigenvalue weighted by Crippen LogP contribution is 2.24. The molecule has 7 heteroatoms. The summed E-state index contributed by atoms with van der Waals surface area (Å²) in [5.74, 6) is -0.342. The quantitative estimate of drug-likeness (QED) is 0.766. The third-order valence-electron chi connectivity index (χ3n) is 4.36. The van der Waals surface area contributed by atoms with E-state index in [1.54, 1.807) is 29.2 Å². The highest BCUT2D eigenvalue weighted by atomic mass is 35.5. The first-order chi connectivity index (χ1) is 13.4. The van der Waals surface area contributed by atoms with Gasteiger partial charge >= 0.3 is 6.03 Å². The van der Waals surface area contributed by atoms with Crippen LogP contribution < -0.4 is 5.32 Å². The lowest BCUT2D eigenvalue weighted by Crippen LogP contribution is -2.45. The molecule has 0 saturated carbocycles. The molecule has 0 saturated heterocycles. The molecular formula is C21H23ClFN3O2. The normalized spacial score (nSPS) is 15.9. The van der Waals surface area contributed by atoms with E-state index in [0.29, 0.717) is 17.0 Å². The molecule has 0 spiro atoms. The van der Waals surface area contributed by atoms with Crippen molar-refractivity contribution in [2.45, 2.75) is 39.0 Å². The summed E-state index contributed by atoms with van der Waals surface area (Å²) in [7, 11) is 0. The van der Waals surface area contributed by atoms with Gasteiger partial charge < -0.3 is 15.1 Å². The Morgan fingerprint density at radius 3 is 2.71 bits per heavy atom. The smallest absolute Gasteiger partial charge is 0.318 e. The van der Waals surface area contributed by atoms with E-state index in [1.165, 1.54) is 6.07 Å². The van der Waals surface area contributed by atoms with Gasteiger partial charge in [-0.2, -0.15) is 0 Å². The van der Waals surface area contributed by atoms with Crippen LogP contribution in [0.4, 0.5) is 9.18 Å². The van der Waals surface area contributed by atoms with Gasteiger partial charge in [-0.05, 0) is 26.0 Å². The summed E-state index contributed by atoms with van der Waals surface area (Å²) in [4.78, 5) is 19.7. The van der Waals surface area contributed by atoms with Crippen molar-refractivity contribution in [3.63, 3.8) is 0 Å². The summed E-state index contributed by atoms with van der Waals surface area (Å²) >= 11 is 6.24. The number of carbonyl (C=O) groups is 1. The number of hydrogen-bond donors (Lipinski definition) is 1. The highest BCUT2D eigenvalue weighted by molar-refractivity contribution is 6.34. The molecule has 0 bridgehead atoms. The number of benzene rings is 2. The fourth-order valence-corrected chi connectivity index (χ4v) is 3.26. The van der Waals surface area contributed by atoms with E-state index in [0.717, 1.165) is 11.3 Å². The van der Waals surface area contributed by atoms with Gasteiger partial charge in [-0.15, -0.1) is 0 Å². The van der Waals surface area contributed by atoms with Crippen LogP contribution in [0, 0.1) is 5.82 Å². The zero-order valence-electron chi connectivity index (χ0n) is 15.9. The molecule has 28 heavy (non-hydrogen) atoms. The van der Waals surface area contributed by atoms with Gasteiger partial charge in [0.1, 0.15) is 5.82 Å². The number of oxime groups is 1. The van der Waals surface area contributed by atoms with Crippen molar-refractivity contribution in [2.75, 3.05) is 6.54 Å². The number of amides is 2. The third-order valence-corrected chi connectivity index (χ3v) is 4.69. The molecule has 2 aromatic carbocycles. The van der Waals surface area contributed by atoms with E-state index in [4.69, 9.17) is 16.4 Å². The van der Waals surface area contributed by atoms with Crippen molar-refractivity contribution in [2.24, 2.45) is 5.16 Å². The molecule has 0 aromatic heterocycles. The van der Waals surface area contributed by atoms with Crippen molar-refractivity contribution < 1.29 is 14.0 Å². The molecule has 1 N–H and O–H groups in total. The van der Waals surface area contributed by atoms with E-state index in [-0.39, 0.29) is 37.1 Å². The average Bonchev–Trinajstić information content (AvgIpc) is 3.11. The Morgan fingerprint density at radius 2 is 2.00 bits per heavy atom. The number of nitrogens with zero attached hydrogens (tertiary/aromatic N) is 2. The number of urea groups is 1. The molecule has 0 radical (unpaired) electrons. The lowest BCUT2D eigenvalue weighted by Gasteiger charge is -2.26. The molecule has 1 aliphatic heterocycles. The van der Waals surface area contributed by atoms with Crippen LogP contribution in [0.3, 0.4) is 0 Å². The van der Waals surface area contributed by atoms with Crippen molar-refractivity contribution in [1.29, 1.82) is 0 Å². The van der Waals surface area contributed by atoms with E-state index in [2.05, 4.69) is 10.5 Å². The van der Waals surface area contributed by atoms with Crippen LogP contribution in [0.15, 0.2) is 53.7 Å². The Bertz CT molecular complexity index is 872. The van der Waals surface area contributed by atoms with E-state index >= 15 is 0 Å². The number of carbonyl (C=O) groups excluding carboxylic acids is 1. The fourth-order valence-electron chi connectivity index (χ4n) is 3.02. The van der Waals surface area contributed by atoms with Crippen LogP contribution >= 0.6 is 11.6 Å². The minimum Gasteiger partial charge on any atom is -0.390 e. The Kier molecular flexibility index (Phi) is 6.52. The highest BCUT2D eigenvalue weighted by Gasteiger charge is 2.28. The number of hydrogen-bond acceptors (Lipinski definition) is 3. The molecule has 3 rings (SSSR count). The summed E-state index contributed by atoms with van der Waals surface area (Å²) in [6.45, 7) is 4.19. The minimum absolute atomic E-state index is 0.0324. The summed E-state index contributed by atoms with van der Waals surface area (Å²) in [5, 5.41) is 7.61. The minimum atomic E-state index is -0.342. The maximum atomic E-state index is 14.1. The predicted molar refractivity (Wildman–Crippen MR) is 108 cm³/mol. The van der Waals surface area contributed by atoms with Gasteiger partial charge in [-0.3, -0.25) is 0 Å². The topological polar surface area (TPSA) is 53.9 Å². The molecule has 1 heterocycles. The van der Waals surface area contributed by atoms with Crippen molar-refractivity contribution in [1.82, 2.24) is 10.2 Å². The Hall–Kier alpha value is -2.60. The summed E-state index contributed by atoms with van der Waals surface area (Å²) < 4.78 is 14.1. The van der Waals surface area contributed by atoms with E-state index < -0.39 is 0 Å². The first-order valence-corrected chi connectivity index (χ1v) is 9.58. The first kappa shape index (κ1) is 20.1. The van der Waals surface area contributed by atoms with Crippen LogP contribution in [-0.2, 0) is 11.4 Å². The lowest BCUT2D eigenvalue weighted by molar-refractivity contribution is 0.0584. The van der Waals surface area contributed by atoms with Crippen LogP contribution in [0.25, 0.3) is 0 Å². The molecule has 1 aliphatic rings. The van der Waals surface area contributed by atoms with Gasteiger partial charge in [0.05, 0.1) is 18.8 Å². The zero-order valence-corrected chi connectivity index (χ0v) is 16.6. The number of nitrogens with one attached hydrogen (secondary N) is 1. The van der Waals surface area contributed by atoms with Gasteiger partial charge in [0, 0.05) is 28.6 Å². The predicted octanol–water partition coefficient (Wildman–Crippen LogP) is 4.59. The Balaban J connectivity index is 1.71. The standard InChI is InChI=1S/C21H23ClFN3O2/c1-14(2)24-21(27)26(12-15-7-3-6-10-19(15)23)13-16-11-20(25-28-16)17-8-4-5-9-18(17)22/h3-10,14,16H,11-13H2,1-2H3,(H,24,27). The fraction of sp³-hybridized carbons (Fsp3) is 0.333. The van der Waals surface area contributed by atoms with Crippen LogP contribution in [-0.4, -0.2) is 35.3 Å². The Labute approximate surface area is 169 Å². The average molecular weight is 404 g/mol. The zero-order chi connectivity index (χ0) is 20.1. The SMILES string of the molecule is CC(C)NC(=O)N(Cc1ccccc1F)CC1CC(c2ccccc2Cl)=NO1. The second-order valence-electron chi connectivity index (χ2n) is 7.03. The number of halogens is 2. The summed E-state index contributed by atoms with van der Waals surface area (Å²) in [6, 6.07) is 13.6. The van der Waals surface area contributed by atoms with Gasteiger partial charge in [-0.25, -0.2) is 9.18 Å². The molecule has 5 nitrogen and oxygen atoms in total. The maximum absolute atomic E-state index is 14.1. The molecule has 0 fully saturated rings. The molecule has 0 aliphatic carbocycles.